The van der Waals surface area contributed by atoms with E-state index in [0.717, 1.165) is 44.9 Å². The monoisotopic (exact) mass is 1100 g/mol. The van der Waals surface area contributed by atoms with Gasteiger partial charge >= 0.3 is 5.97 Å². The van der Waals surface area contributed by atoms with Crippen LogP contribution in [0.5, 0.6) is 0 Å². The predicted molar refractivity (Wildman–Crippen MR) is 343 cm³/mol. The van der Waals surface area contributed by atoms with E-state index in [1.165, 1.54) is 315 Å². The summed E-state index contributed by atoms with van der Waals surface area (Å²) in [5.74, 6) is -0.0531. The molecule has 0 aromatic rings. The molecule has 6 nitrogen and oxygen atoms in total. The first-order valence-electron chi connectivity index (χ1n) is 35.3. The minimum Gasteiger partial charge on any atom is -0.466 e. The maximum absolute atomic E-state index is 12.5. The van der Waals surface area contributed by atoms with Crippen molar-refractivity contribution in [1.82, 2.24) is 5.32 Å². The van der Waals surface area contributed by atoms with E-state index < -0.39 is 12.1 Å². The van der Waals surface area contributed by atoms with Crippen molar-refractivity contribution in [1.29, 1.82) is 0 Å². The van der Waals surface area contributed by atoms with E-state index in [1.807, 2.05) is 6.08 Å². The molecule has 0 aromatic heterocycles. The van der Waals surface area contributed by atoms with Crippen molar-refractivity contribution in [3.05, 3.63) is 36.5 Å². The molecule has 0 saturated heterocycles. The van der Waals surface area contributed by atoms with E-state index in [2.05, 4.69) is 43.5 Å². The Kier molecular flexibility index (Phi) is 65.9. The van der Waals surface area contributed by atoms with Crippen LogP contribution in [-0.4, -0.2) is 47.4 Å². The van der Waals surface area contributed by atoms with Gasteiger partial charge in [-0.1, -0.05) is 326 Å². The molecule has 0 aliphatic heterocycles. The molecule has 6 heteroatoms. The van der Waals surface area contributed by atoms with Crippen LogP contribution in [0.15, 0.2) is 36.5 Å². The van der Waals surface area contributed by atoms with Gasteiger partial charge in [0.2, 0.25) is 5.91 Å². The van der Waals surface area contributed by atoms with Crippen LogP contribution < -0.4 is 5.32 Å². The summed E-state index contributed by atoms with van der Waals surface area (Å²) in [5.41, 5.74) is 0. The molecular formula is C72H137NO5. The summed E-state index contributed by atoms with van der Waals surface area (Å²) in [6.45, 7) is 4.93. The van der Waals surface area contributed by atoms with E-state index in [9.17, 15) is 19.8 Å². The van der Waals surface area contributed by atoms with Crippen LogP contribution in [0, 0.1) is 0 Å². The second-order valence-corrected chi connectivity index (χ2v) is 24.2. The molecule has 1 amide bonds. The van der Waals surface area contributed by atoms with E-state index in [1.54, 1.807) is 6.08 Å². The minimum atomic E-state index is -0.845. The number of esters is 1. The predicted octanol–water partition coefficient (Wildman–Crippen LogP) is 22.7. The van der Waals surface area contributed by atoms with Gasteiger partial charge in [-0.2, -0.15) is 0 Å². The Morgan fingerprint density at radius 1 is 0.346 bits per heavy atom. The third-order valence-corrected chi connectivity index (χ3v) is 16.4. The van der Waals surface area contributed by atoms with Gasteiger partial charge in [0.05, 0.1) is 25.4 Å². The molecule has 0 heterocycles. The first-order valence-corrected chi connectivity index (χ1v) is 35.3. The SMILES string of the molecule is CCCCCCCC/C=C\CCCCCCCCCC(=O)OCCCCCCCCCCCCCC/C=C\CCCCCCCCCCCCCCC(=O)NC(CO)C(O)/C=C/CCCCCCCCCCCCCCCC. The maximum atomic E-state index is 12.5. The van der Waals surface area contributed by atoms with Crippen molar-refractivity contribution in [2.45, 2.75) is 398 Å². The zero-order chi connectivity index (χ0) is 56.4. The standard InChI is InChI=1S/C72H137NO5/c1-3-5-7-9-11-13-15-17-19-33-38-42-46-50-54-58-62-66-72(77)78-67-63-59-55-51-47-43-39-35-32-30-28-26-24-22-21-23-25-27-29-31-34-37-41-45-49-53-57-61-65-71(76)73-69(68-74)70(75)64-60-56-52-48-44-40-36-20-18-16-14-12-10-8-6-4-2/h17,19,21-22,60,64,69-70,74-75H,3-16,18,20,23-59,61-63,65-68H2,1-2H3,(H,73,76)/b19-17-,22-21-,64-60+. The fourth-order valence-corrected chi connectivity index (χ4v) is 11.0. The van der Waals surface area contributed by atoms with Gasteiger partial charge in [-0.3, -0.25) is 9.59 Å². The Hall–Kier alpha value is -1.92. The zero-order valence-corrected chi connectivity index (χ0v) is 52.7. The molecule has 3 N–H and O–H groups in total. The van der Waals surface area contributed by atoms with E-state index >= 15 is 0 Å². The van der Waals surface area contributed by atoms with Crippen LogP contribution in [0.2, 0.25) is 0 Å². The fourth-order valence-electron chi connectivity index (χ4n) is 11.0. The number of ether oxygens (including phenoxy) is 1. The fraction of sp³-hybridized carbons (Fsp3) is 0.889. The number of aliphatic hydroxyl groups excluding tert-OH is 2. The van der Waals surface area contributed by atoms with Gasteiger partial charge < -0.3 is 20.3 Å². The molecule has 460 valence electrons. The molecule has 0 bridgehead atoms. The average molecular weight is 1100 g/mol. The molecule has 0 rings (SSSR count). The molecule has 0 aromatic carbocycles. The van der Waals surface area contributed by atoms with Crippen LogP contribution in [-0.2, 0) is 14.3 Å². The molecule has 78 heavy (non-hydrogen) atoms. The summed E-state index contributed by atoms with van der Waals surface area (Å²) in [6, 6.07) is -0.628. The first kappa shape index (κ1) is 76.1. The number of allylic oxidation sites excluding steroid dienone is 5. The van der Waals surface area contributed by atoms with Gasteiger partial charge in [0, 0.05) is 12.8 Å². The van der Waals surface area contributed by atoms with E-state index in [-0.39, 0.29) is 18.5 Å². The highest BCUT2D eigenvalue weighted by atomic mass is 16.5. The number of aliphatic hydroxyl groups is 2. The maximum Gasteiger partial charge on any atom is 0.305 e. The molecular weight excluding hydrogens is 959 g/mol. The number of hydrogen-bond acceptors (Lipinski definition) is 5. The second-order valence-electron chi connectivity index (χ2n) is 24.2. The van der Waals surface area contributed by atoms with Gasteiger partial charge in [-0.25, -0.2) is 0 Å². The third-order valence-electron chi connectivity index (χ3n) is 16.4. The van der Waals surface area contributed by atoms with Gasteiger partial charge in [-0.05, 0) is 83.5 Å². The number of carbonyl (C=O) groups excluding carboxylic acids is 2. The highest BCUT2D eigenvalue weighted by Crippen LogP contribution is 2.18. The van der Waals surface area contributed by atoms with Crippen LogP contribution >= 0.6 is 0 Å². The molecule has 0 radical (unpaired) electrons. The average Bonchev–Trinajstić information content (AvgIpc) is 3.44. The summed E-state index contributed by atoms with van der Waals surface area (Å²) >= 11 is 0. The molecule has 2 unspecified atom stereocenters. The normalized spacial score (nSPS) is 12.7. The molecule has 0 aliphatic rings. The molecule has 0 saturated carbocycles. The summed E-state index contributed by atoms with van der Waals surface area (Å²) in [5, 5.41) is 23.2. The topological polar surface area (TPSA) is 95.9 Å². The number of amides is 1. The lowest BCUT2D eigenvalue weighted by atomic mass is 10.0. The van der Waals surface area contributed by atoms with E-state index in [0.29, 0.717) is 19.4 Å². The number of nitrogens with one attached hydrogen (secondary N) is 1. The highest BCUT2D eigenvalue weighted by molar-refractivity contribution is 5.76. The Labute approximate surface area is 487 Å². The first-order chi connectivity index (χ1) is 38.5. The minimum absolute atomic E-state index is 0.0125. The zero-order valence-electron chi connectivity index (χ0n) is 52.7. The van der Waals surface area contributed by atoms with Crippen LogP contribution in [0.25, 0.3) is 0 Å². The smallest absolute Gasteiger partial charge is 0.305 e. The Morgan fingerprint density at radius 2 is 0.603 bits per heavy atom. The largest absolute Gasteiger partial charge is 0.466 e. The van der Waals surface area contributed by atoms with Crippen molar-refractivity contribution in [3.8, 4) is 0 Å². The highest BCUT2D eigenvalue weighted by Gasteiger charge is 2.18. The Morgan fingerprint density at radius 3 is 0.910 bits per heavy atom. The lowest BCUT2D eigenvalue weighted by Crippen LogP contribution is -2.45. The van der Waals surface area contributed by atoms with Crippen LogP contribution in [0.3, 0.4) is 0 Å². The lowest BCUT2D eigenvalue weighted by Gasteiger charge is -2.20. The van der Waals surface area contributed by atoms with Gasteiger partial charge in [0.25, 0.3) is 0 Å². The quantitative estimate of drug-likeness (QED) is 0.0320. The van der Waals surface area contributed by atoms with Gasteiger partial charge in [0.15, 0.2) is 0 Å². The number of carbonyl (C=O) groups is 2. The number of hydrogen-bond donors (Lipinski definition) is 3. The van der Waals surface area contributed by atoms with E-state index in [4.69, 9.17) is 4.74 Å². The van der Waals surface area contributed by atoms with Crippen molar-refractivity contribution in [3.63, 3.8) is 0 Å². The molecule has 2 atom stereocenters. The van der Waals surface area contributed by atoms with Crippen LogP contribution in [0.1, 0.15) is 386 Å². The molecule has 0 spiro atoms. The van der Waals surface area contributed by atoms with Crippen LogP contribution in [0.4, 0.5) is 0 Å². The third kappa shape index (κ3) is 63.3. The molecule has 0 aliphatic carbocycles. The lowest BCUT2D eigenvalue weighted by molar-refractivity contribution is -0.143. The van der Waals surface area contributed by atoms with Crippen molar-refractivity contribution in [2.24, 2.45) is 0 Å². The number of unbranched alkanes of at least 4 members (excludes halogenated alkanes) is 51. The van der Waals surface area contributed by atoms with Gasteiger partial charge in [-0.15, -0.1) is 0 Å². The molecule has 0 fully saturated rings. The van der Waals surface area contributed by atoms with Crippen molar-refractivity contribution in [2.75, 3.05) is 13.2 Å². The van der Waals surface area contributed by atoms with Gasteiger partial charge in [0.1, 0.15) is 0 Å². The Balaban J connectivity index is 3.39. The second kappa shape index (κ2) is 67.6. The van der Waals surface area contributed by atoms with Crippen molar-refractivity contribution >= 4 is 11.9 Å². The summed E-state index contributed by atoms with van der Waals surface area (Å²) in [6.07, 6.45) is 86.5. The Bertz CT molecular complexity index is 1260. The summed E-state index contributed by atoms with van der Waals surface area (Å²) in [4.78, 5) is 24.6. The summed E-state index contributed by atoms with van der Waals surface area (Å²) < 4.78 is 5.50. The summed E-state index contributed by atoms with van der Waals surface area (Å²) in [7, 11) is 0. The van der Waals surface area contributed by atoms with Crippen molar-refractivity contribution < 1.29 is 24.5 Å². The number of rotatable bonds is 66.